The second-order valence-corrected chi connectivity index (χ2v) is 5.22. The highest BCUT2D eigenvalue weighted by molar-refractivity contribution is 5.29. The van der Waals surface area contributed by atoms with Crippen LogP contribution in [0.1, 0.15) is 39.0 Å². The SMILES string of the molecule is C=C/C=C(\C)C(=C)NC(CC1CCCC1)C(=C)N. The lowest BCUT2D eigenvalue weighted by molar-refractivity contribution is 0.437. The van der Waals surface area contributed by atoms with Crippen molar-refractivity contribution in [1.82, 2.24) is 5.32 Å². The molecular weight excluding hydrogens is 220 g/mol. The molecule has 1 atom stereocenters. The van der Waals surface area contributed by atoms with Crippen molar-refractivity contribution < 1.29 is 0 Å². The molecule has 1 unspecified atom stereocenters. The molecule has 18 heavy (non-hydrogen) atoms. The number of hydrogen-bond acceptors (Lipinski definition) is 2. The number of hydrogen-bond donors (Lipinski definition) is 2. The molecule has 0 amide bonds. The summed E-state index contributed by atoms with van der Waals surface area (Å²) in [6.45, 7) is 13.6. The molecule has 3 N–H and O–H groups in total. The molecular formula is C16H26N2. The fraction of sp³-hybridized carbons (Fsp3) is 0.500. The topological polar surface area (TPSA) is 38.0 Å². The van der Waals surface area contributed by atoms with Gasteiger partial charge in [-0.05, 0) is 24.8 Å². The van der Waals surface area contributed by atoms with E-state index in [9.17, 15) is 0 Å². The van der Waals surface area contributed by atoms with E-state index in [1.807, 2.05) is 13.0 Å². The zero-order chi connectivity index (χ0) is 13.5. The smallest absolute Gasteiger partial charge is 0.0654 e. The standard InChI is InChI=1S/C16H26N2/c1-5-8-12(2)14(4)18-16(13(3)17)11-15-9-6-7-10-15/h5,8,15-16,18H,1,3-4,6-7,9-11,17H2,2H3/b12-8+. The normalized spacial score (nSPS) is 18.4. The third-order valence-electron chi connectivity index (χ3n) is 3.68. The summed E-state index contributed by atoms with van der Waals surface area (Å²) in [5.74, 6) is 0.777. The van der Waals surface area contributed by atoms with E-state index in [1.54, 1.807) is 6.08 Å². The molecule has 0 spiro atoms. The summed E-state index contributed by atoms with van der Waals surface area (Å²) in [5, 5.41) is 3.39. The van der Waals surface area contributed by atoms with Gasteiger partial charge < -0.3 is 11.1 Å². The van der Waals surface area contributed by atoms with Gasteiger partial charge in [0.25, 0.3) is 0 Å². The quantitative estimate of drug-likeness (QED) is 0.673. The second-order valence-electron chi connectivity index (χ2n) is 5.22. The van der Waals surface area contributed by atoms with Crippen molar-refractivity contribution in [3.05, 3.63) is 48.9 Å². The molecule has 1 aliphatic carbocycles. The van der Waals surface area contributed by atoms with Gasteiger partial charge in [-0.1, -0.05) is 57.6 Å². The summed E-state index contributed by atoms with van der Waals surface area (Å²) >= 11 is 0. The summed E-state index contributed by atoms with van der Waals surface area (Å²) in [6.07, 6.45) is 10.1. The Morgan fingerprint density at radius 1 is 1.39 bits per heavy atom. The Kier molecular flexibility index (Phi) is 5.76. The molecule has 1 rings (SSSR count). The lowest BCUT2D eigenvalue weighted by Crippen LogP contribution is -2.34. The molecule has 0 aliphatic heterocycles. The zero-order valence-electron chi connectivity index (χ0n) is 11.5. The Bertz CT molecular complexity index is 346. The van der Waals surface area contributed by atoms with Crippen molar-refractivity contribution >= 4 is 0 Å². The van der Waals surface area contributed by atoms with Gasteiger partial charge in [-0.2, -0.15) is 0 Å². The molecule has 0 radical (unpaired) electrons. The molecule has 2 heteroatoms. The molecule has 1 saturated carbocycles. The van der Waals surface area contributed by atoms with Gasteiger partial charge in [0, 0.05) is 11.4 Å². The number of allylic oxidation sites excluding steroid dienone is 3. The highest BCUT2D eigenvalue weighted by atomic mass is 15.0. The number of nitrogens with one attached hydrogen (secondary N) is 1. The van der Waals surface area contributed by atoms with Crippen LogP contribution in [0.15, 0.2) is 48.9 Å². The fourth-order valence-electron chi connectivity index (χ4n) is 2.48. The van der Waals surface area contributed by atoms with E-state index in [1.165, 1.54) is 25.7 Å². The third-order valence-corrected chi connectivity index (χ3v) is 3.68. The zero-order valence-corrected chi connectivity index (χ0v) is 11.5. The maximum absolute atomic E-state index is 5.90. The van der Waals surface area contributed by atoms with Gasteiger partial charge >= 0.3 is 0 Å². The number of rotatable bonds is 7. The van der Waals surface area contributed by atoms with Crippen molar-refractivity contribution in [2.45, 2.75) is 45.1 Å². The van der Waals surface area contributed by atoms with Gasteiger partial charge in [0.05, 0.1) is 6.04 Å². The van der Waals surface area contributed by atoms with Crippen LogP contribution in [0.4, 0.5) is 0 Å². The molecule has 100 valence electrons. The molecule has 0 aromatic rings. The molecule has 1 fully saturated rings. The Labute approximate surface area is 111 Å². The van der Waals surface area contributed by atoms with Crippen molar-refractivity contribution in [2.24, 2.45) is 11.7 Å². The lowest BCUT2D eigenvalue weighted by Gasteiger charge is -2.24. The Balaban J connectivity index is 2.56. The first-order valence-electron chi connectivity index (χ1n) is 6.74. The van der Waals surface area contributed by atoms with E-state index in [4.69, 9.17) is 5.73 Å². The molecule has 0 aromatic carbocycles. The highest BCUT2D eigenvalue weighted by Crippen LogP contribution is 2.29. The van der Waals surface area contributed by atoms with E-state index in [0.717, 1.165) is 23.6 Å². The maximum Gasteiger partial charge on any atom is 0.0654 e. The summed E-state index contributed by atoms with van der Waals surface area (Å²) in [5.41, 5.74) is 8.60. The van der Waals surface area contributed by atoms with Crippen molar-refractivity contribution in [2.75, 3.05) is 0 Å². The van der Waals surface area contributed by atoms with Crippen LogP contribution >= 0.6 is 0 Å². The van der Waals surface area contributed by atoms with Crippen LogP contribution in [-0.2, 0) is 0 Å². The fourth-order valence-corrected chi connectivity index (χ4v) is 2.48. The van der Waals surface area contributed by atoms with Crippen LogP contribution in [0.5, 0.6) is 0 Å². The van der Waals surface area contributed by atoms with Gasteiger partial charge in [-0.3, -0.25) is 0 Å². The van der Waals surface area contributed by atoms with Crippen LogP contribution in [0, 0.1) is 5.92 Å². The third kappa shape index (κ3) is 4.44. The van der Waals surface area contributed by atoms with Crippen LogP contribution in [-0.4, -0.2) is 6.04 Å². The molecule has 2 nitrogen and oxygen atoms in total. The highest BCUT2D eigenvalue weighted by Gasteiger charge is 2.21. The molecule has 0 saturated heterocycles. The van der Waals surface area contributed by atoms with E-state index in [2.05, 4.69) is 25.1 Å². The average Bonchev–Trinajstić information content (AvgIpc) is 2.81. The average molecular weight is 246 g/mol. The summed E-state index contributed by atoms with van der Waals surface area (Å²) in [6, 6.07) is 0.133. The summed E-state index contributed by atoms with van der Waals surface area (Å²) in [4.78, 5) is 0. The summed E-state index contributed by atoms with van der Waals surface area (Å²) in [7, 11) is 0. The minimum atomic E-state index is 0.133. The van der Waals surface area contributed by atoms with Crippen molar-refractivity contribution in [3.8, 4) is 0 Å². The Morgan fingerprint density at radius 2 is 2.00 bits per heavy atom. The molecule has 1 aliphatic rings. The van der Waals surface area contributed by atoms with E-state index in [0.29, 0.717) is 5.70 Å². The Hall–Kier alpha value is -1.44. The predicted octanol–water partition coefficient (Wildman–Crippen LogP) is 3.64. The largest absolute Gasteiger partial charge is 0.401 e. The van der Waals surface area contributed by atoms with Gasteiger partial charge in [0.1, 0.15) is 0 Å². The first kappa shape index (κ1) is 14.6. The van der Waals surface area contributed by atoms with Gasteiger partial charge in [0.15, 0.2) is 0 Å². The first-order valence-corrected chi connectivity index (χ1v) is 6.74. The minimum Gasteiger partial charge on any atom is -0.401 e. The predicted molar refractivity (Wildman–Crippen MR) is 79.9 cm³/mol. The van der Waals surface area contributed by atoms with Crippen molar-refractivity contribution in [1.29, 1.82) is 0 Å². The maximum atomic E-state index is 5.90. The van der Waals surface area contributed by atoms with Gasteiger partial charge in [-0.15, -0.1) is 0 Å². The van der Waals surface area contributed by atoms with Gasteiger partial charge in [0.2, 0.25) is 0 Å². The van der Waals surface area contributed by atoms with Crippen LogP contribution < -0.4 is 11.1 Å². The summed E-state index contributed by atoms with van der Waals surface area (Å²) < 4.78 is 0. The monoisotopic (exact) mass is 246 g/mol. The molecule has 0 heterocycles. The molecule has 0 bridgehead atoms. The minimum absolute atomic E-state index is 0.133. The van der Waals surface area contributed by atoms with Crippen molar-refractivity contribution in [3.63, 3.8) is 0 Å². The van der Waals surface area contributed by atoms with E-state index >= 15 is 0 Å². The van der Waals surface area contributed by atoms with Gasteiger partial charge in [-0.25, -0.2) is 0 Å². The molecule has 0 aromatic heterocycles. The second kappa shape index (κ2) is 7.10. The van der Waals surface area contributed by atoms with E-state index in [-0.39, 0.29) is 6.04 Å². The first-order chi connectivity index (χ1) is 8.54. The van der Waals surface area contributed by atoms with E-state index < -0.39 is 0 Å². The lowest BCUT2D eigenvalue weighted by atomic mass is 9.96. The van der Waals surface area contributed by atoms with Crippen LogP contribution in [0.3, 0.4) is 0 Å². The number of nitrogens with two attached hydrogens (primary N) is 1. The van der Waals surface area contributed by atoms with Crippen LogP contribution in [0.2, 0.25) is 0 Å². The Morgan fingerprint density at radius 3 is 2.50 bits per heavy atom. The van der Waals surface area contributed by atoms with Crippen LogP contribution in [0.25, 0.3) is 0 Å².